The Morgan fingerprint density at radius 3 is 2.21 bits per heavy atom. The number of ether oxygens (including phenoxy) is 4. The summed E-state index contributed by atoms with van der Waals surface area (Å²) in [7, 11) is 1.65. The summed E-state index contributed by atoms with van der Waals surface area (Å²) in [5.41, 5.74) is 5.02. The van der Waals surface area contributed by atoms with Gasteiger partial charge in [0.15, 0.2) is 5.75 Å². The van der Waals surface area contributed by atoms with Crippen molar-refractivity contribution in [1.82, 2.24) is 14.8 Å². The number of halogens is 2. The zero-order valence-corrected chi connectivity index (χ0v) is 30.8. The molecule has 0 N–H and O–H groups in total. The molecule has 0 atom stereocenters. The number of carbonyl (C=O) groups excluding carboxylic acids is 1. The van der Waals surface area contributed by atoms with Crippen LogP contribution in [-0.4, -0.2) is 60.6 Å². The van der Waals surface area contributed by atoms with E-state index < -0.39 is 0 Å². The maximum absolute atomic E-state index is 13.1. The summed E-state index contributed by atoms with van der Waals surface area (Å²) in [5.74, 6) is 3.12. The van der Waals surface area contributed by atoms with Crippen LogP contribution in [0.2, 0.25) is 10.0 Å². The van der Waals surface area contributed by atoms with Gasteiger partial charge in [-0.25, -0.2) is 4.98 Å². The monoisotopic (exact) mass is 737 g/mol. The molecule has 1 aliphatic rings. The van der Waals surface area contributed by atoms with E-state index in [9.17, 15) is 4.79 Å². The van der Waals surface area contributed by atoms with E-state index >= 15 is 0 Å². The molecule has 268 valence electrons. The third-order valence-corrected chi connectivity index (χ3v) is 9.42. The molecule has 1 amide bonds. The van der Waals surface area contributed by atoms with Crippen molar-refractivity contribution < 1.29 is 23.7 Å². The highest BCUT2D eigenvalue weighted by atomic mass is 35.5. The first-order valence-electron chi connectivity index (χ1n) is 17.2. The number of pyridine rings is 1. The Labute approximate surface area is 315 Å². The van der Waals surface area contributed by atoms with Crippen molar-refractivity contribution in [2.24, 2.45) is 0 Å². The molecule has 0 spiro atoms. The number of aromatic nitrogens is 1. The number of piperazine rings is 1. The molecule has 0 saturated carbocycles. The Hall–Kier alpha value is -5.02. The van der Waals surface area contributed by atoms with E-state index in [4.69, 9.17) is 42.1 Å². The van der Waals surface area contributed by atoms with Gasteiger partial charge in [0.25, 0.3) is 0 Å². The Kier molecular flexibility index (Phi) is 12.7. The van der Waals surface area contributed by atoms with Gasteiger partial charge in [-0.1, -0.05) is 65.7 Å². The lowest BCUT2D eigenvalue weighted by Gasteiger charge is -2.34. The highest BCUT2D eigenvalue weighted by molar-refractivity contribution is 6.32. The fraction of sp³-hybridized carbons (Fsp3) is 0.238. The third-order valence-electron chi connectivity index (χ3n) is 8.77. The van der Waals surface area contributed by atoms with Crippen molar-refractivity contribution in [2.75, 3.05) is 39.9 Å². The van der Waals surface area contributed by atoms with Gasteiger partial charge in [0.05, 0.1) is 24.9 Å². The molecule has 5 aromatic rings. The molecule has 0 unspecified atom stereocenters. The first-order chi connectivity index (χ1) is 25.3. The number of hydrogen-bond donors (Lipinski definition) is 0. The van der Waals surface area contributed by atoms with Gasteiger partial charge in [0.2, 0.25) is 11.8 Å². The minimum Gasteiger partial charge on any atom is -0.497 e. The highest BCUT2D eigenvalue weighted by Gasteiger charge is 2.20. The molecule has 10 heteroatoms. The number of carbonyl (C=O) groups is 1. The van der Waals surface area contributed by atoms with Crippen LogP contribution >= 0.6 is 23.2 Å². The van der Waals surface area contributed by atoms with Crippen LogP contribution in [-0.2, 0) is 24.4 Å². The Morgan fingerprint density at radius 2 is 1.52 bits per heavy atom. The smallest absolute Gasteiger partial charge is 0.246 e. The number of aryl methyl sites for hydroxylation is 1. The summed E-state index contributed by atoms with van der Waals surface area (Å²) in [4.78, 5) is 21.7. The minimum atomic E-state index is -0.0176. The van der Waals surface area contributed by atoms with Crippen LogP contribution in [0.1, 0.15) is 27.8 Å². The maximum Gasteiger partial charge on any atom is 0.246 e. The van der Waals surface area contributed by atoms with E-state index in [1.54, 1.807) is 43.7 Å². The van der Waals surface area contributed by atoms with E-state index in [1.807, 2.05) is 66.4 Å². The molecule has 2 heterocycles. The molecule has 1 fully saturated rings. The second-order valence-electron chi connectivity index (χ2n) is 12.5. The average Bonchev–Trinajstić information content (AvgIpc) is 3.17. The standard InChI is InChI=1S/C42H41Cl2N3O5/c1-30-25-33(26-39(44)42(30)52-40-17-16-37(27-45-40)51-29-34-5-3-4-6-38(34)43)11-18-41(48)47-22-20-46(21-23-47)28-32-9-7-31(8-10-32)19-24-50-36-14-12-35(49-2)13-15-36/h3-18,25-27H,19-24,28-29H2,1-2H3. The first-order valence-corrected chi connectivity index (χ1v) is 17.9. The SMILES string of the molecule is COc1ccc(OCCc2ccc(CN3CCN(C(=O)C=Cc4cc(C)c(Oc5ccc(OCc6ccccc6Cl)cn5)c(Cl)c4)CC3)cc2)cc1. The summed E-state index contributed by atoms with van der Waals surface area (Å²) < 4.78 is 22.9. The van der Waals surface area contributed by atoms with E-state index in [-0.39, 0.29) is 5.91 Å². The van der Waals surface area contributed by atoms with Crippen molar-refractivity contribution in [3.05, 3.63) is 147 Å². The van der Waals surface area contributed by atoms with E-state index in [0.29, 0.717) is 53.7 Å². The number of amides is 1. The van der Waals surface area contributed by atoms with Crippen molar-refractivity contribution in [1.29, 1.82) is 0 Å². The topological polar surface area (TPSA) is 73.4 Å². The van der Waals surface area contributed by atoms with Gasteiger partial charge >= 0.3 is 0 Å². The lowest BCUT2D eigenvalue weighted by molar-refractivity contribution is -0.127. The predicted octanol–water partition coefficient (Wildman–Crippen LogP) is 9.06. The number of rotatable bonds is 14. The fourth-order valence-corrected chi connectivity index (χ4v) is 6.31. The van der Waals surface area contributed by atoms with Gasteiger partial charge in [-0.3, -0.25) is 9.69 Å². The molecular weight excluding hydrogens is 697 g/mol. The quantitative estimate of drug-likeness (QED) is 0.105. The summed E-state index contributed by atoms with van der Waals surface area (Å²) in [6.45, 7) is 6.68. The van der Waals surface area contributed by atoms with Crippen LogP contribution in [0.25, 0.3) is 6.08 Å². The Balaban J connectivity index is 0.929. The number of nitrogens with zero attached hydrogens (tertiary/aromatic N) is 3. The summed E-state index contributed by atoms with van der Waals surface area (Å²) in [6, 6.07) is 31.1. The predicted molar refractivity (Wildman–Crippen MR) is 206 cm³/mol. The third kappa shape index (κ3) is 10.3. The normalized spacial score (nSPS) is 13.3. The summed E-state index contributed by atoms with van der Waals surface area (Å²) >= 11 is 12.8. The molecule has 0 aliphatic carbocycles. The Bertz CT molecular complexity index is 1940. The van der Waals surface area contributed by atoms with E-state index in [2.05, 4.69) is 34.1 Å². The fourth-order valence-electron chi connectivity index (χ4n) is 5.80. The van der Waals surface area contributed by atoms with Gasteiger partial charge in [0.1, 0.15) is 23.9 Å². The highest BCUT2D eigenvalue weighted by Crippen LogP contribution is 2.34. The Morgan fingerprint density at radius 1 is 0.808 bits per heavy atom. The average molecular weight is 739 g/mol. The zero-order chi connectivity index (χ0) is 36.3. The summed E-state index contributed by atoms with van der Waals surface area (Å²) in [6.07, 6.45) is 5.84. The van der Waals surface area contributed by atoms with Crippen LogP contribution in [0.15, 0.2) is 109 Å². The molecule has 1 saturated heterocycles. The first kappa shape index (κ1) is 36.8. The number of benzene rings is 4. The molecule has 0 bridgehead atoms. The molecule has 0 radical (unpaired) electrons. The van der Waals surface area contributed by atoms with Crippen molar-refractivity contribution in [3.8, 4) is 28.9 Å². The summed E-state index contributed by atoms with van der Waals surface area (Å²) in [5, 5.41) is 1.08. The maximum atomic E-state index is 13.1. The second kappa shape index (κ2) is 18.0. The van der Waals surface area contributed by atoms with Gasteiger partial charge < -0.3 is 23.8 Å². The molecule has 52 heavy (non-hydrogen) atoms. The van der Waals surface area contributed by atoms with Crippen LogP contribution in [0, 0.1) is 6.92 Å². The lowest BCUT2D eigenvalue weighted by atomic mass is 10.1. The van der Waals surface area contributed by atoms with Crippen molar-refractivity contribution in [2.45, 2.75) is 26.5 Å². The van der Waals surface area contributed by atoms with Gasteiger partial charge in [-0.05, 0) is 83.8 Å². The number of hydrogen-bond acceptors (Lipinski definition) is 7. The minimum absolute atomic E-state index is 0.0176. The van der Waals surface area contributed by atoms with Crippen LogP contribution < -0.4 is 18.9 Å². The molecule has 4 aromatic carbocycles. The molecular formula is C42H41Cl2N3O5. The number of methoxy groups -OCH3 is 1. The zero-order valence-electron chi connectivity index (χ0n) is 29.3. The van der Waals surface area contributed by atoms with Crippen LogP contribution in [0.4, 0.5) is 0 Å². The van der Waals surface area contributed by atoms with Crippen LogP contribution in [0.3, 0.4) is 0 Å². The molecule has 6 rings (SSSR count). The van der Waals surface area contributed by atoms with Crippen molar-refractivity contribution in [3.63, 3.8) is 0 Å². The molecule has 8 nitrogen and oxygen atoms in total. The van der Waals surface area contributed by atoms with E-state index in [1.165, 1.54) is 11.1 Å². The van der Waals surface area contributed by atoms with Gasteiger partial charge in [-0.15, -0.1) is 0 Å². The molecule has 1 aliphatic heterocycles. The van der Waals surface area contributed by atoms with Gasteiger partial charge in [0, 0.05) is 61.9 Å². The van der Waals surface area contributed by atoms with Gasteiger partial charge in [-0.2, -0.15) is 0 Å². The second-order valence-corrected chi connectivity index (χ2v) is 13.3. The van der Waals surface area contributed by atoms with E-state index in [0.717, 1.165) is 54.2 Å². The largest absolute Gasteiger partial charge is 0.497 e. The lowest BCUT2D eigenvalue weighted by Crippen LogP contribution is -2.47. The molecule has 1 aromatic heterocycles. The van der Waals surface area contributed by atoms with Crippen molar-refractivity contribution >= 4 is 35.2 Å². The van der Waals surface area contributed by atoms with Crippen LogP contribution in [0.5, 0.6) is 28.9 Å².